The molecule has 0 spiro atoms. The molecule has 2 fully saturated rings. The van der Waals surface area contributed by atoms with Crippen molar-refractivity contribution in [3.05, 3.63) is 69.2 Å². The van der Waals surface area contributed by atoms with E-state index in [4.69, 9.17) is 67.5 Å². The summed E-state index contributed by atoms with van der Waals surface area (Å²) in [5, 5.41) is 9.92. The smallest absolute Gasteiger partial charge is 0.411 e. The zero-order chi connectivity index (χ0) is 34.3. The molecular weight excluding hydrogens is 712 g/mol. The maximum atomic E-state index is 15.0. The van der Waals surface area contributed by atoms with Crippen LogP contribution in [0.15, 0.2) is 48.0 Å². The van der Waals surface area contributed by atoms with Gasteiger partial charge in [-0.2, -0.15) is 0 Å². The number of benzene rings is 2. The van der Waals surface area contributed by atoms with E-state index < -0.39 is 27.6 Å². The fraction of sp³-hybridized carbons (Fsp3) is 0.485. The minimum atomic E-state index is -1.93. The van der Waals surface area contributed by atoms with Crippen molar-refractivity contribution in [1.82, 2.24) is 14.7 Å². The molecule has 5 rings (SSSR count). The largest absolute Gasteiger partial charge is 0.491 e. The summed E-state index contributed by atoms with van der Waals surface area (Å²) in [5.74, 6) is 0.0934. The Balaban J connectivity index is 1.63. The predicted octanol–water partition coefficient (Wildman–Crippen LogP) is 6.90. The molecule has 2 aromatic carbocycles. The summed E-state index contributed by atoms with van der Waals surface area (Å²) in [6.07, 6.45) is 1.10. The molecule has 254 valence electrons. The third kappa shape index (κ3) is 7.76. The summed E-state index contributed by atoms with van der Waals surface area (Å²) < 4.78 is 9.44. The van der Waals surface area contributed by atoms with Gasteiger partial charge in [0.25, 0.3) is 5.91 Å². The number of carbonyl (C=O) groups excluding carboxylic acids is 3. The van der Waals surface area contributed by atoms with Crippen molar-refractivity contribution in [2.75, 3.05) is 26.3 Å². The molecule has 0 unspecified atom stereocenters. The van der Waals surface area contributed by atoms with Crippen molar-refractivity contribution in [3.8, 4) is 5.75 Å². The van der Waals surface area contributed by atoms with Crippen molar-refractivity contribution in [1.29, 1.82) is 0 Å². The summed E-state index contributed by atoms with van der Waals surface area (Å²) >= 11 is 31.4. The van der Waals surface area contributed by atoms with Crippen LogP contribution < -0.4 is 4.74 Å². The van der Waals surface area contributed by atoms with Gasteiger partial charge in [0.2, 0.25) is 9.70 Å². The summed E-state index contributed by atoms with van der Waals surface area (Å²) in [4.78, 5) is 46.6. The number of amides is 3. The van der Waals surface area contributed by atoms with Gasteiger partial charge in [0.15, 0.2) is 5.60 Å². The van der Waals surface area contributed by atoms with Gasteiger partial charge in [0.1, 0.15) is 12.4 Å². The first-order valence-corrected chi connectivity index (χ1v) is 17.2. The van der Waals surface area contributed by atoms with Crippen molar-refractivity contribution in [2.24, 2.45) is 0 Å². The number of aliphatic hydroxyl groups excluding tert-OH is 1. The first-order valence-electron chi connectivity index (χ1n) is 15.3. The van der Waals surface area contributed by atoms with Gasteiger partial charge in [-0.3, -0.25) is 14.5 Å². The van der Waals surface area contributed by atoms with Gasteiger partial charge in [-0.25, -0.2) is 4.79 Å². The van der Waals surface area contributed by atoms with E-state index in [1.807, 2.05) is 18.2 Å². The summed E-state index contributed by atoms with van der Waals surface area (Å²) in [6, 6.07) is 11.1. The van der Waals surface area contributed by atoms with Gasteiger partial charge in [-0.1, -0.05) is 82.3 Å². The monoisotopic (exact) mass is 745 g/mol. The van der Waals surface area contributed by atoms with E-state index in [2.05, 4.69) is 0 Å². The van der Waals surface area contributed by atoms with Gasteiger partial charge in [0, 0.05) is 38.2 Å². The molecule has 9 nitrogen and oxygen atoms in total. The molecule has 2 heterocycles. The molecule has 1 saturated heterocycles. The lowest BCUT2D eigenvalue weighted by atomic mass is 9.81. The highest BCUT2D eigenvalue weighted by Crippen LogP contribution is 2.44. The Hall–Kier alpha value is -2.40. The fourth-order valence-electron chi connectivity index (χ4n) is 5.99. The normalized spacial score (nSPS) is 19.9. The van der Waals surface area contributed by atoms with Crippen LogP contribution in [0.3, 0.4) is 0 Å². The molecule has 2 aliphatic heterocycles. The lowest BCUT2D eigenvalue weighted by Crippen LogP contribution is -2.66. The zero-order valence-electron chi connectivity index (χ0n) is 26.2. The number of rotatable bonds is 9. The maximum Gasteiger partial charge on any atom is 0.411 e. The lowest BCUT2D eigenvalue weighted by Gasteiger charge is -2.51. The van der Waals surface area contributed by atoms with Crippen LogP contribution in [-0.2, 0) is 20.9 Å². The van der Waals surface area contributed by atoms with E-state index in [0.717, 1.165) is 24.0 Å². The third-order valence-electron chi connectivity index (χ3n) is 8.75. The number of ether oxygens (including phenoxy) is 2. The highest BCUT2D eigenvalue weighted by Gasteiger charge is 2.52. The Morgan fingerprint density at radius 1 is 1.02 bits per heavy atom. The number of piperazine rings is 1. The average molecular weight is 748 g/mol. The van der Waals surface area contributed by atoms with E-state index in [9.17, 15) is 19.5 Å². The van der Waals surface area contributed by atoms with E-state index >= 15 is 0 Å². The van der Waals surface area contributed by atoms with Crippen LogP contribution in [0.2, 0.25) is 10.0 Å². The summed E-state index contributed by atoms with van der Waals surface area (Å²) in [5.41, 5.74) is 1.06. The first-order chi connectivity index (χ1) is 22.1. The number of hydrogen-bond donors (Lipinski definition) is 1. The van der Waals surface area contributed by atoms with Crippen LogP contribution in [-0.4, -0.2) is 91.5 Å². The minimum Gasteiger partial charge on any atom is -0.491 e. The number of nitrogens with zero attached hydrogens (tertiary/aromatic N) is 3. The van der Waals surface area contributed by atoms with Gasteiger partial charge >= 0.3 is 6.09 Å². The molecule has 1 N–H and O–H groups in total. The molecule has 3 aliphatic rings. The third-order valence-corrected chi connectivity index (χ3v) is 11.0. The second-order valence-electron chi connectivity index (χ2n) is 12.4. The Kier molecular flexibility index (Phi) is 10.9. The summed E-state index contributed by atoms with van der Waals surface area (Å²) in [7, 11) is 0. The number of aliphatic hydroxyl groups is 1. The molecule has 2 atom stereocenters. The first kappa shape index (κ1) is 35.9. The van der Waals surface area contributed by atoms with Crippen LogP contribution in [0, 0.1) is 0 Å². The zero-order valence-corrected chi connectivity index (χ0v) is 29.9. The highest BCUT2D eigenvalue weighted by atomic mass is 35.6. The molecular formula is C33H36Cl5N3O6. The van der Waals surface area contributed by atoms with E-state index in [-0.39, 0.29) is 57.1 Å². The van der Waals surface area contributed by atoms with E-state index in [1.54, 1.807) is 34.1 Å². The summed E-state index contributed by atoms with van der Waals surface area (Å²) in [6.45, 7) is 4.95. The van der Waals surface area contributed by atoms with Crippen LogP contribution in [0.25, 0.3) is 5.57 Å². The van der Waals surface area contributed by atoms with Crippen LogP contribution in [0.5, 0.6) is 5.75 Å². The Labute approximate surface area is 299 Å². The van der Waals surface area contributed by atoms with Crippen LogP contribution >= 0.6 is 58.0 Å². The molecule has 1 aliphatic carbocycles. The number of hydrogen-bond acceptors (Lipinski definition) is 6. The topological polar surface area (TPSA) is 99.6 Å². The molecule has 14 heteroatoms. The maximum absolute atomic E-state index is 15.0. The number of halogens is 5. The van der Waals surface area contributed by atoms with E-state index in [1.165, 1.54) is 25.7 Å². The highest BCUT2D eigenvalue weighted by molar-refractivity contribution is 6.68. The van der Waals surface area contributed by atoms with E-state index in [0.29, 0.717) is 26.9 Å². The molecule has 0 radical (unpaired) electrons. The molecule has 2 aromatic rings. The van der Waals surface area contributed by atoms with Gasteiger partial charge in [-0.15, -0.1) is 0 Å². The SMILES string of the molecule is CC(=O)N1C[C@H]2CC(c3ccc(OCCO)cc3)=C(C(=O)N(Cc3cccc(Cl)c3Cl)C3CC3)[C@@H](C1)N2C(=O)OC(C)(C)C(Cl)(Cl)Cl. The molecule has 1 saturated carbocycles. The molecule has 47 heavy (non-hydrogen) atoms. The van der Waals surface area contributed by atoms with Crippen molar-refractivity contribution >= 4 is 81.5 Å². The lowest BCUT2D eigenvalue weighted by molar-refractivity contribution is -0.136. The Morgan fingerprint density at radius 3 is 2.30 bits per heavy atom. The van der Waals surface area contributed by atoms with Crippen molar-refractivity contribution in [2.45, 2.75) is 74.1 Å². The second-order valence-corrected chi connectivity index (χ2v) is 15.5. The van der Waals surface area contributed by atoms with Crippen molar-refractivity contribution < 1.29 is 29.0 Å². The Bertz CT molecular complexity index is 1560. The predicted molar refractivity (Wildman–Crippen MR) is 183 cm³/mol. The second kappa shape index (κ2) is 14.2. The molecule has 0 aromatic heterocycles. The Morgan fingerprint density at radius 2 is 1.70 bits per heavy atom. The number of fused-ring (bicyclic) bond motifs is 2. The fourth-order valence-corrected chi connectivity index (χ4v) is 6.49. The molecule has 2 bridgehead atoms. The quantitative estimate of drug-likeness (QED) is 0.281. The number of alkyl halides is 3. The van der Waals surface area contributed by atoms with Gasteiger partial charge in [0.05, 0.1) is 28.7 Å². The van der Waals surface area contributed by atoms with Crippen molar-refractivity contribution in [3.63, 3.8) is 0 Å². The van der Waals surface area contributed by atoms with Gasteiger partial charge in [-0.05, 0) is 68.0 Å². The standard InChI is InChI=1S/C33H36Cl5N3O6/c1-19(43)39-17-23-15-25(20-7-11-24(12-8-20)46-14-13-42)28(27(18-39)41(23)31(45)47-32(2,3)33(36,37)38)30(44)40(22-9-10-22)16-21-5-4-6-26(34)29(21)35/h4-8,11-12,22-23,27,42H,9-10,13-18H2,1-3H3/t23-,27-/m1/s1. The van der Waals surface area contributed by atoms with Gasteiger partial charge < -0.3 is 24.4 Å². The minimum absolute atomic E-state index is 0.0468. The van der Waals surface area contributed by atoms with Crippen LogP contribution in [0.1, 0.15) is 51.2 Å². The number of carbonyl (C=O) groups is 3. The average Bonchev–Trinajstić information content (AvgIpc) is 3.84. The van der Waals surface area contributed by atoms with Crippen LogP contribution in [0.4, 0.5) is 4.79 Å². The molecule has 3 amide bonds.